The molecule has 0 atom stereocenters. The number of fused-ring (bicyclic) bond motifs is 3. The zero-order valence-electron chi connectivity index (χ0n) is 57.8. The molecule has 14 aromatic carbocycles. The second-order valence-electron chi connectivity index (χ2n) is 21.7. The van der Waals surface area contributed by atoms with Gasteiger partial charge < -0.3 is 14.7 Å². The van der Waals surface area contributed by atoms with Crippen LogP contribution in [0.2, 0.25) is 0 Å². The van der Waals surface area contributed by atoms with Crippen molar-refractivity contribution in [1.29, 1.82) is 0 Å². The van der Waals surface area contributed by atoms with Crippen LogP contribution in [0.4, 0.5) is 51.2 Å². The normalized spacial score (nSPS) is 13.5. The van der Waals surface area contributed by atoms with Crippen molar-refractivity contribution in [1.82, 2.24) is 0 Å². The predicted molar refractivity (Wildman–Crippen MR) is 370 cm³/mol. The molecule has 0 spiro atoms. The van der Waals surface area contributed by atoms with E-state index >= 15 is 0 Å². The quantitative estimate of drug-likeness (QED) is 0.101. The fraction of sp³-hybridized carbons (Fsp3) is 0.0118. The average molecular weight is 1130 g/mol. The summed E-state index contributed by atoms with van der Waals surface area (Å²) < 4.78 is 84.1. The van der Waals surface area contributed by atoms with Gasteiger partial charge in [-0.1, -0.05) is 255 Å². The molecule has 14 aromatic rings. The molecular formula is C85H61N3. The van der Waals surface area contributed by atoms with Crippen molar-refractivity contribution in [3.05, 3.63) is 392 Å². The number of anilines is 9. The highest BCUT2D eigenvalue weighted by molar-refractivity contribution is 5.90. The summed E-state index contributed by atoms with van der Waals surface area (Å²) in [6, 6.07) is 103. The smallest absolute Gasteiger partial charge is 0.0713 e. The highest BCUT2D eigenvalue weighted by atomic mass is 15.2. The summed E-state index contributed by atoms with van der Waals surface area (Å²) in [6.45, 7) is 0. The van der Waals surface area contributed by atoms with Crippen LogP contribution in [0, 0.1) is 0 Å². The van der Waals surface area contributed by atoms with E-state index in [1.807, 2.05) is 84.9 Å². The molecule has 88 heavy (non-hydrogen) atoms. The summed E-state index contributed by atoms with van der Waals surface area (Å²) in [5.74, 6) is 0. The number of hydrogen-bond acceptors (Lipinski definition) is 3. The number of benzene rings is 14. The molecule has 0 N–H and O–H groups in total. The van der Waals surface area contributed by atoms with Crippen LogP contribution >= 0.6 is 0 Å². The van der Waals surface area contributed by atoms with E-state index in [1.165, 1.54) is 33.4 Å². The molecule has 3 nitrogen and oxygen atoms in total. The molecular weight excluding hydrogens is 1060 g/mol. The van der Waals surface area contributed by atoms with Crippen LogP contribution in [0.1, 0.15) is 36.0 Å². The lowest BCUT2D eigenvalue weighted by Gasteiger charge is -2.34. The van der Waals surface area contributed by atoms with E-state index in [1.54, 1.807) is 24.3 Å². The Labute approximate surface area is 530 Å². The Bertz CT molecular complexity index is 5180. The Kier molecular flexibility index (Phi) is 11.5. The molecule has 15 rings (SSSR count). The lowest BCUT2D eigenvalue weighted by atomic mass is 9.67. The van der Waals surface area contributed by atoms with Crippen LogP contribution in [0.5, 0.6) is 0 Å². The maximum Gasteiger partial charge on any atom is 0.0713 e. The summed E-state index contributed by atoms with van der Waals surface area (Å²) in [6.07, 6.45) is 0. The molecule has 0 unspecified atom stereocenters. The van der Waals surface area contributed by atoms with Crippen molar-refractivity contribution in [3.63, 3.8) is 0 Å². The molecule has 1 aliphatic rings. The molecule has 0 saturated heterocycles. The zero-order chi connectivity index (χ0) is 67.3. The van der Waals surface area contributed by atoms with Gasteiger partial charge in [-0.3, -0.25) is 0 Å². The highest BCUT2D eigenvalue weighted by Gasteiger charge is 2.46. The average Bonchev–Trinajstić information content (AvgIpc) is 1.52. The number of hydrogen-bond donors (Lipinski definition) is 0. The molecule has 0 fully saturated rings. The molecule has 0 bridgehead atoms. The summed E-state index contributed by atoms with van der Waals surface area (Å²) in [7, 11) is 0. The van der Waals surface area contributed by atoms with Gasteiger partial charge in [0.2, 0.25) is 0 Å². The zero-order valence-corrected chi connectivity index (χ0v) is 47.8. The maximum absolute atomic E-state index is 8.68. The fourth-order valence-electron chi connectivity index (χ4n) is 12.6. The molecule has 1 aliphatic carbocycles. The molecule has 0 heterocycles. The van der Waals surface area contributed by atoms with E-state index in [-0.39, 0.29) is 59.5 Å². The Balaban J connectivity index is 0.790. The van der Waals surface area contributed by atoms with E-state index in [9.17, 15) is 0 Å². The van der Waals surface area contributed by atoms with Gasteiger partial charge in [-0.15, -0.1) is 0 Å². The van der Waals surface area contributed by atoms with Crippen LogP contribution in [0.25, 0.3) is 55.6 Å². The first-order valence-corrected chi connectivity index (χ1v) is 29.4. The third-order valence-electron chi connectivity index (χ3n) is 16.7. The maximum atomic E-state index is 8.68. The van der Waals surface area contributed by atoms with Crippen molar-refractivity contribution in [3.8, 4) is 55.6 Å². The number of para-hydroxylation sites is 2. The van der Waals surface area contributed by atoms with Crippen LogP contribution in [0.15, 0.2) is 370 Å². The number of nitrogens with zero attached hydrogens (tertiary/aromatic N) is 3. The Morgan fingerprint density at radius 3 is 0.830 bits per heavy atom. The van der Waals surface area contributed by atoms with Crippen LogP contribution < -0.4 is 14.7 Å². The summed E-state index contributed by atoms with van der Waals surface area (Å²) >= 11 is 0. The lowest BCUT2D eigenvalue weighted by molar-refractivity contribution is 0.769. The van der Waals surface area contributed by atoms with Gasteiger partial charge >= 0.3 is 0 Å². The van der Waals surface area contributed by atoms with Gasteiger partial charge in [0.1, 0.15) is 0 Å². The van der Waals surface area contributed by atoms with Gasteiger partial charge in [-0.05, 0) is 193 Å². The van der Waals surface area contributed by atoms with Gasteiger partial charge in [-0.25, -0.2) is 0 Å². The first-order valence-electron chi connectivity index (χ1n) is 34.4. The molecule has 0 amide bonds. The monoisotopic (exact) mass is 1130 g/mol. The second kappa shape index (κ2) is 23.5. The first kappa shape index (κ1) is 43.2. The van der Waals surface area contributed by atoms with E-state index in [0.717, 1.165) is 73.4 Å². The van der Waals surface area contributed by atoms with E-state index in [2.05, 4.69) is 215 Å². The van der Waals surface area contributed by atoms with Crippen molar-refractivity contribution in [2.45, 2.75) is 5.41 Å². The molecule has 0 aliphatic heterocycles. The van der Waals surface area contributed by atoms with E-state index < -0.39 is 17.5 Å². The minimum atomic E-state index is -0.546. The largest absolute Gasteiger partial charge is 0.311 e. The third kappa shape index (κ3) is 10.0. The summed E-state index contributed by atoms with van der Waals surface area (Å²) in [4.78, 5) is 6.53. The van der Waals surface area contributed by atoms with Gasteiger partial charge in [-0.2, -0.15) is 0 Å². The van der Waals surface area contributed by atoms with Gasteiger partial charge in [0.25, 0.3) is 0 Å². The second-order valence-corrected chi connectivity index (χ2v) is 21.7. The van der Waals surface area contributed by atoms with Gasteiger partial charge in [0.15, 0.2) is 0 Å². The van der Waals surface area contributed by atoms with Crippen molar-refractivity contribution in [2.24, 2.45) is 0 Å². The minimum absolute atomic E-state index is 0.148. The van der Waals surface area contributed by atoms with E-state index in [0.29, 0.717) is 11.1 Å². The molecule has 0 radical (unpaired) electrons. The molecule has 416 valence electrons. The molecule has 3 heteroatoms. The third-order valence-corrected chi connectivity index (χ3v) is 16.7. The fourth-order valence-corrected chi connectivity index (χ4v) is 12.6. The van der Waals surface area contributed by atoms with Crippen LogP contribution in [-0.4, -0.2) is 0 Å². The topological polar surface area (TPSA) is 9.72 Å². The Morgan fingerprint density at radius 1 is 0.205 bits per heavy atom. The Morgan fingerprint density at radius 2 is 0.466 bits per heavy atom. The SMILES string of the molecule is [2H]c1c([2H])c([2H])c(-c2ccc(N(c3ccccc3)c3ccc(-c4ccc(N(c5ccc(-c6ccc7c(c6)C(c6ccccc6)(c6ccccc6)c6ccccc6-7)cc5)c5ccc(N(c6ccccc6)c6ccc(-c7c([2H])c([2H])c([2H])c([2H])c7[2H])cc6)cc5)cc4)cc3)cc2)c([2H])c1[2H]. The summed E-state index contributed by atoms with van der Waals surface area (Å²) in [5, 5.41) is 0. The van der Waals surface area contributed by atoms with Gasteiger partial charge in [0.05, 0.1) is 19.1 Å². The molecule has 0 aromatic heterocycles. The van der Waals surface area contributed by atoms with E-state index in [4.69, 9.17) is 13.7 Å². The Hall–Kier alpha value is -11.5. The predicted octanol–water partition coefficient (Wildman–Crippen LogP) is 23.1. The first-order chi connectivity index (χ1) is 47.8. The lowest BCUT2D eigenvalue weighted by Crippen LogP contribution is -2.28. The minimum Gasteiger partial charge on any atom is -0.311 e. The standard InChI is InChI=1S/C85H61N3/c1-7-21-62(22-8-1)64-35-46-74(47-36-64)86(72-29-15-5-16-30-72)75-50-39-66(40-51-75)67-41-52-77(53-42-67)88(80-58-56-79(57-59-80)87(73-31-17-6-18-32-73)76-48-37-65(38-49-76)63-23-9-2-10-24-63)78-54-43-68(44-55-78)69-45-60-82-81-33-19-20-34-83(81)85(84(82)61-69,70-25-11-3-12-26-70)71-27-13-4-14-28-71/h1-61H/i1D,2D,7D,8D,9D,10D,21D,22D,23D,24D. The van der Waals surface area contributed by atoms with Crippen LogP contribution in [-0.2, 0) is 5.41 Å². The van der Waals surface area contributed by atoms with Crippen molar-refractivity contribution >= 4 is 51.2 Å². The van der Waals surface area contributed by atoms with Crippen molar-refractivity contribution < 1.29 is 13.7 Å². The van der Waals surface area contributed by atoms with Crippen molar-refractivity contribution in [2.75, 3.05) is 14.7 Å². The van der Waals surface area contributed by atoms with Crippen LogP contribution in [0.3, 0.4) is 0 Å². The molecule has 0 saturated carbocycles. The van der Waals surface area contributed by atoms with Gasteiger partial charge in [0, 0.05) is 51.2 Å². The number of rotatable bonds is 15. The highest BCUT2D eigenvalue weighted by Crippen LogP contribution is 2.57. The summed E-state index contributed by atoms with van der Waals surface area (Å²) in [5.41, 5.74) is 20.4.